The Morgan fingerprint density at radius 3 is 2.68 bits per heavy atom. The lowest BCUT2D eigenvalue weighted by Crippen LogP contribution is -2.39. The van der Waals surface area contributed by atoms with Crippen molar-refractivity contribution in [3.8, 4) is 0 Å². The van der Waals surface area contributed by atoms with E-state index in [2.05, 4.69) is 4.99 Å². The van der Waals surface area contributed by atoms with Gasteiger partial charge in [-0.3, -0.25) is 14.6 Å². The Balaban J connectivity index is 2.21. The molecule has 1 unspecified atom stereocenters. The quantitative estimate of drug-likeness (QED) is 0.767. The maximum absolute atomic E-state index is 13.8. The molecule has 0 spiro atoms. The molecule has 0 amide bonds. The summed E-state index contributed by atoms with van der Waals surface area (Å²) in [5.74, 6) is -2.15. The standard InChI is InChI=1S/C20H22FNO3/c1-11-16(19(24)25-4)17(12-6-5-7-13(21)8-12)18-14(22-11)9-20(2,3)10-15(18)23/h5-8,16-17H,9-10H2,1-4H3/t16?,17-/m0/s1. The summed E-state index contributed by atoms with van der Waals surface area (Å²) in [6.45, 7) is 5.83. The SMILES string of the molecule is COC(=O)C1C(C)=NC2=C(C(=O)CC(C)(C)C2)[C@H]1c1cccc(F)c1. The van der Waals surface area contributed by atoms with E-state index in [4.69, 9.17) is 4.74 Å². The number of carbonyl (C=O) groups is 2. The third-order valence-electron chi connectivity index (χ3n) is 4.97. The summed E-state index contributed by atoms with van der Waals surface area (Å²) in [6.07, 6.45) is 1.05. The smallest absolute Gasteiger partial charge is 0.315 e. The molecular formula is C20H22FNO3. The summed E-state index contributed by atoms with van der Waals surface area (Å²) in [6, 6.07) is 6.08. The first-order valence-electron chi connectivity index (χ1n) is 8.38. The van der Waals surface area contributed by atoms with Crippen LogP contribution in [0.5, 0.6) is 0 Å². The summed E-state index contributed by atoms with van der Waals surface area (Å²) < 4.78 is 18.8. The summed E-state index contributed by atoms with van der Waals surface area (Å²) in [7, 11) is 1.31. The Labute approximate surface area is 146 Å². The molecule has 2 atom stereocenters. The van der Waals surface area contributed by atoms with E-state index in [9.17, 15) is 14.0 Å². The number of Topliss-reactive ketones (excluding diaryl/α,β-unsaturated/α-hetero) is 1. The minimum absolute atomic E-state index is 0.0225. The van der Waals surface area contributed by atoms with Gasteiger partial charge in [0.1, 0.15) is 11.7 Å². The minimum Gasteiger partial charge on any atom is -0.468 e. The lowest BCUT2D eigenvalue weighted by molar-refractivity contribution is -0.143. The fourth-order valence-corrected chi connectivity index (χ4v) is 3.94. The van der Waals surface area contributed by atoms with E-state index < -0.39 is 23.6 Å². The van der Waals surface area contributed by atoms with E-state index in [0.29, 0.717) is 35.4 Å². The van der Waals surface area contributed by atoms with Gasteiger partial charge in [-0.15, -0.1) is 0 Å². The Hall–Kier alpha value is -2.30. The highest BCUT2D eigenvalue weighted by molar-refractivity contribution is 6.09. The zero-order chi connectivity index (χ0) is 18.4. The van der Waals surface area contributed by atoms with Crippen LogP contribution in [0.25, 0.3) is 0 Å². The second-order valence-electron chi connectivity index (χ2n) is 7.59. The molecule has 0 aromatic heterocycles. The number of hydrogen-bond acceptors (Lipinski definition) is 4. The molecule has 0 saturated heterocycles. The van der Waals surface area contributed by atoms with Crippen LogP contribution in [0.15, 0.2) is 40.5 Å². The van der Waals surface area contributed by atoms with Crippen molar-refractivity contribution in [1.82, 2.24) is 0 Å². The molecule has 1 aliphatic carbocycles. The van der Waals surface area contributed by atoms with Crippen LogP contribution in [0.2, 0.25) is 0 Å². The van der Waals surface area contributed by atoms with Crippen LogP contribution in [0.1, 0.15) is 45.1 Å². The van der Waals surface area contributed by atoms with E-state index in [0.717, 1.165) is 0 Å². The van der Waals surface area contributed by atoms with E-state index in [1.807, 2.05) is 13.8 Å². The van der Waals surface area contributed by atoms with E-state index in [1.54, 1.807) is 19.1 Å². The molecule has 4 nitrogen and oxygen atoms in total. The monoisotopic (exact) mass is 343 g/mol. The largest absolute Gasteiger partial charge is 0.468 e. The Bertz CT molecular complexity index is 807. The van der Waals surface area contributed by atoms with Gasteiger partial charge in [0, 0.05) is 29.3 Å². The number of rotatable bonds is 2. The van der Waals surface area contributed by atoms with E-state index >= 15 is 0 Å². The first-order chi connectivity index (χ1) is 11.7. The van der Waals surface area contributed by atoms with Gasteiger partial charge in [-0.2, -0.15) is 0 Å². The minimum atomic E-state index is -0.712. The third-order valence-corrected chi connectivity index (χ3v) is 4.97. The molecule has 2 aliphatic rings. The molecule has 1 aliphatic heterocycles. The zero-order valence-corrected chi connectivity index (χ0v) is 14.9. The molecule has 3 rings (SSSR count). The van der Waals surface area contributed by atoms with Gasteiger partial charge >= 0.3 is 5.97 Å². The molecule has 0 radical (unpaired) electrons. The molecule has 0 bridgehead atoms. The highest BCUT2D eigenvalue weighted by Crippen LogP contribution is 2.47. The summed E-state index contributed by atoms with van der Waals surface area (Å²) in [4.78, 5) is 29.9. The van der Waals surface area contributed by atoms with Crippen molar-refractivity contribution in [1.29, 1.82) is 0 Å². The van der Waals surface area contributed by atoms with Gasteiger partial charge in [0.25, 0.3) is 0 Å². The summed E-state index contributed by atoms with van der Waals surface area (Å²) in [5, 5.41) is 0. The average Bonchev–Trinajstić information content (AvgIpc) is 2.51. The van der Waals surface area contributed by atoms with Crippen LogP contribution in [0.3, 0.4) is 0 Å². The normalized spacial score (nSPS) is 25.3. The van der Waals surface area contributed by atoms with Gasteiger partial charge < -0.3 is 4.74 Å². The number of carbonyl (C=O) groups excluding carboxylic acids is 2. The van der Waals surface area contributed by atoms with Crippen molar-refractivity contribution >= 4 is 17.5 Å². The van der Waals surface area contributed by atoms with Crippen LogP contribution >= 0.6 is 0 Å². The number of esters is 1. The van der Waals surface area contributed by atoms with Crippen LogP contribution in [-0.2, 0) is 14.3 Å². The van der Waals surface area contributed by atoms with Crippen molar-refractivity contribution in [3.63, 3.8) is 0 Å². The lowest BCUT2D eigenvalue weighted by Gasteiger charge is -2.38. The molecule has 1 aromatic rings. The second-order valence-corrected chi connectivity index (χ2v) is 7.59. The Kier molecular flexibility index (Phi) is 4.35. The predicted octanol–water partition coefficient (Wildman–Crippen LogP) is 3.82. The fraction of sp³-hybridized carbons (Fsp3) is 0.450. The van der Waals surface area contributed by atoms with Gasteiger partial charge in [-0.05, 0) is 36.5 Å². The Morgan fingerprint density at radius 1 is 1.32 bits per heavy atom. The fourth-order valence-electron chi connectivity index (χ4n) is 3.94. The van der Waals surface area contributed by atoms with E-state index in [-0.39, 0.29) is 11.2 Å². The third kappa shape index (κ3) is 3.15. The molecular weight excluding hydrogens is 321 g/mol. The lowest BCUT2D eigenvalue weighted by atomic mass is 9.67. The molecule has 1 aromatic carbocycles. The molecule has 1 heterocycles. The molecule has 5 heteroatoms. The van der Waals surface area contributed by atoms with Crippen molar-refractivity contribution in [3.05, 3.63) is 46.9 Å². The van der Waals surface area contributed by atoms with Crippen molar-refractivity contribution in [2.24, 2.45) is 16.3 Å². The Morgan fingerprint density at radius 2 is 2.04 bits per heavy atom. The van der Waals surface area contributed by atoms with Crippen LogP contribution in [-0.4, -0.2) is 24.6 Å². The topological polar surface area (TPSA) is 55.7 Å². The first kappa shape index (κ1) is 17.5. The van der Waals surface area contributed by atoms with Crippen LogP contribution < -0.4 is 0 Å². The molecule has 25 heavy (non-hydrogen) atoms. The summed E-state index contributed by atoms with van der Waals surface area (Å²) >= 11 is 0. The number of benzene rings is 1. The van der Waals surface area contributed by atoms with Gasteiger partial charge in [-0.1, -0.05) is 26.0 Å². The molecule has 0 N–H and O–H groups in total. The number of methoxy groups -OCH3 is 1. The van der Waals surface area contributed by atoms with Gasteiger partial charge in [0.2, 0.25) is 0 Å². The molecule has 0 fully saturated rings. The first-order valence-corrected chi connectivity index (χ1v) is 8.38. The molecule has 132 valence electrons. The van der Waals surface area contributed by atoms with Crippen molar-refractivity contribution < 1.29 is 18.7 Å². The highest BCUT2D eigenvalue weighted by atomic mass is 19.1. The number of hydrogen-bond donors (Lipinski definition) is 0. The average molecular weight is 343 g/mol. The molecule has 0 saturated carbocycles. The maximum Gasteiger partial charge on any atom is 0.315 e. The predicted molar refractivity (Wildman–Crippen MR) is 92.8 cm³/mol. The van der Waals surface area contributed by atoms with Crippen molar-refractivity contribution in [2.75, 3.05) is 7.11 Å². The highest BCUT2D eigenvalue weighted by Gasteiger charge is 2.45. The maximum atomic E-state index is 13.8. The summed E-state index contributed by atoms with van der Waals surface area (Å²) in [5.41, 5.74) is 2.28. The number of ketones is 1. The number of allylic oxidation sites excluding steroid dienone is 2. The number of ether oxygens (including phenoxy) is 1. The van der Waals surface area contributed by atoms with Crippen molar-refractivity contribution in [2.45, 2.75) is 39.5 Å². The van der Waals surface area contributed by atoms with Gasteiger partial charge in [0.05, 0.1) is 7.11 Å². The number of halogens is 1. The second kappa shape index (κ2) is 6.21. The van der Waals surface area contributed by atoms with E-state index in [1.165, 1.54) is 19.2 Å². The number of nitrogens with zero attached hydrogens (tertiary/aromatic N) is 1. The zero-order valence-electron chi connectivity index (χ0n) is 14.9. The number of aliphatic imine (C=N–C) groups is 1. The van der Waals surface area contributed by atoms with Gasteiger partial charge in [0.15, 0.2) is 5.78 Å². The van der Waals surface area contributed by atoms with Crippen LogP contribution in [0, 0.1) is 17.2 Å². The van der Waals surface area contributed by atoms with Crippen LogP contribution in [0.4, 0.5) is 4.39 Å². The van der Waals surface area contributed by atoms with Gasteiger partial charge in [-0.25, -0.2) is 4.39 Å².